The van der Waals surface area contributed by atoms with E-state index in [9.17, 15) is 0 Å². The van der Waals surface area contributed by atoms with Crippen LogP contribution in [-0.4, -0.2) is 38.6 Å². The largest absolute Gasteiger partial charge is 0.377 e. The molecule has 0 radical (unpaired) electrons. The van der Waals surface area contributed by atoms with Crippen molar-refractivity contribution < 1.29 is 0 Å². The molecule has 6 heteroatoms. The molecule has 0 amide bonds. The number of hydrogen-bond donors (Lipinski definition) is 2. The number of hydrogen-bond acceptors (Lipinski definition) is 4. The molecule has 0 aliphatic heterocycles. The zero-order chi connectivity index (χ0) is 17.5. The van der Waals surface area contributed by atoms with Crippen LogP contribution in [0.3, 0.4) is 0 Å². The molecule has 0 spiro atoms. The molecule has 1 heterocycles. The SMILES string of the molecule is CN=C(NCCc1ncc(C)s1)NCc1ccc(C)cc1N(C)C. The molecule has 0 atom stereocenters. The number of nitrogens with one attached hydrogen (secondary N) is 2. The molecule has 5 nitrogen and oxygen atoms in total. The molecule has 2 N–H and O–H groups in total. The third kappa shape index (κ3) is 5.23. The normalized spacial score (nSPS) is 11.5. The summed E-state index contributed by atoms with van der Waals surface area (Å²) in [4.78, 5) is 12.1. The predicted octanol–water partition coefficient (Wildman–Crippen LogP) is 2.73. The minimum absolute atomic E-state index is 0.740. The maximum Gasteiger partial charge on any atom is 0.191 e. The smallest absolute Gasteiger partial charge is 0.191 e. The molecule has 0 saturated heterocycles. The minimum atomic E-state index is 0.740. The van der Waals surface area contributed by atoms with Crippen LogP contribution in [0.15, 0.2) is 29.4 Å². The molecule has 130 valence electrons. The van der Waals surface area contributed by atoms with Crippen molar-refractivity contribution >= 4 is 23.0 Å². The van der Waals surface area contributed by atoms with E-state index in [4.69, 9.17) is 0 Å². The molecular weight excluding hydrogens is 318 g/mol. The van der Waals surface area contributed by atoms with Crippen LogP contribution < -0.4 is 15.5 Å². The number of nitrogens with zero attached hydrogens (tertiary/aromatic N) is 3. The van der Waals surface area contributed by atoms with Gasteiger partial charge in [-0.05, 0) is 31.0 Å². The summed E-state index contributed by atoms with van der Waals surface area (Å²) in [6, 6.07) is 6.52. The number of aryl methyl sites for hydroxylation is 2. The maximum absolute atomic E-state index is 4.38. The van der Waals surface area contributed by atoms with E-state index in [0.29, 0.717) is 0 Å². The van der Waals surface area contributed by atoms with Crippen LogP contribution in [0.5, 0.6) is 0 Å². The van der Waals surface area contributed by atoms with Gasteiger partial charge in [-0.3, -0.25) is 4.99 Å². The Balaban J connectivity index is 1.87. The topological polar surface area (TPSA) is 52.6 Å². The molecule has 0 bridgehead atoms. The van der Waals surface area contributed by atoms with Crippen molar-refractivity contribution in [2.75, 3.05) is 32.6 Å². The highest BCUT2D eigenvalue weighted by Crippen LogP contribution is 2.20. The summed E-state index contributed by atoms with van der Waals surface area (Å²) in [5, 5.41) is 7.89. The number of thiazole rings is 1. The molecule has 2 rings (SSSR count). The van der Waals surface area contributed by atoms with Gasteiger partial charge < -0.3 is 15.5 Å². The monoisotopic (exact) mass is 345 g/mol. The van der Waals surface area contributed by atoms with E-state index in [1.165, 1.54) is 21.7 Å². The van der Waals surface area contributed by atoms with Gasteiger partial charge >= 0.3 is 0 Å². The van der Waals surface area contributed by atoms with Crippen molar-refractivity contribution in [1.29, 1.82) is 0 Å². The van der Waals surface area contributed by atoms with Crippen LogP contribution in [0.2, 0.25) is 0 Å². The van der Waals surface area contributed by atoms with Crippen LogP contribution in [0.25, 0.3) is 0 Å². The van der Waals surface area contributed by atoms with Crippen LogP contribution >= 0.6 is 11.3 Å². The predicted molar refractivity (Wildman–Crippen MR) is 104 cm³/mol. The second-order valence-corrected chi connectivity index (χ2v) is 7.31. The lowest BCUT2D eigenvalue weighted by Gasteiger charge is -2.19. The number of aromatic nitrogens is 1. The van der Waals surface area contributed by atoms with Crippen molar-refractivity contribution in [3.05, 3.63) is 45.4 Å². The molecule has 0 unspecified atom stereocenters. The summed E-state index contributed by atoms with van der Waals surface area (Å²) in [5.41, 5.74) is 3.75. The molecule has 0 aliphatic rings. The molecule has 1 aromatic carbocycles. The second kappa shape index (κ2) is 8.68. The molecule has 0 saturated carbocycles. The highest BCUT2D eigenvalue weighted by Gasteiger charge is 2.06. The average molecular weight is 346 g/mol. The highest BCUT2D eigenvalue weighted by atomic mass is 32.1. The van der Waals surface area contributed by atoms with Crippen molar-refractivity contribution in [3.8, 4) is 0 Å². The number of rotatable bonds is 6. The van der Waals surface area contributed by atoms with Crippen LogP contribution in [0, 0.1) is 13.8 Å². The van der Waals surface area contributed by atoms with Gasteiger partial charge in [0.2, 0.25) is 0 Å². The maximum atomic E-state index is 4.38. The van der Waals surface area contributed by atoms with Gasteiger partial charge in [0.15, 0.2) is 5.96 Å². The molecule has 24 heavy (non-hydrogen) atoms. The summed E-state index contributed by atoms with van der Waals surface area (Å²) < 4.78 is 0. The molecular formula is C18H27N5S. The highest BCUT2D eigenvalue weighted by molar-refractivity contribution is 7.11. The number of benzene rings is 1. The Kier molecular flexibility index (Phi) is 6.61. The first-order chi connectivity index (χ1) is 11.5. The van der Waals surface area contributed by atoms with Crippen LogP contribution in [0.1, 0.15) is 21.0 Å². The molecule has 0 aliphatic carbocycles. The van der Waals surface area contributed by atoms with Gasteiger partial charge in [0.25, 0.3) is 0 Å². The third-order valence-electron chi connectivity index (χ3n) is 3.69. The van der Waals surface area contributed by atoms with E-state index in [1.807, 2.05) is 6.20 Å². The summed E-state index contributed by atoms with van der Waals surface area (Å²) >= 11 is 1.75. The lowest BCUT2D eigenvalue weighted by Crippen LogP contribution is -2.38. The van der Waals surface area contributed by atoms with Crippen molar-refractivity contribution in [3.63, 3.8) is 0 Å². The number of guanidine groups is 1. The Morgan fingerprint density at radius 3 is 2.67 bits per heavy atom. The fourth-order valence-corrected chi connectivity index (χ4v) is 3.23. The van der Waals surface area contributed by atoms with Crippen LogP contribution in [-0.2, 0) is 13.0 Å². The minimum Gasteiger partial charge on any atom is -0.377 e. The molecule has 2 aromatic rings. The van der Waals surface area contributed by atoms with E-state index in [-0.39, 0.29) is 0 Å². The van der Waals surface area contributed by atoms with Crippen molar-refractivity contribution in [1.82, 2.24) is 15.6 Å². The van der Waals surface area contributed by atoms with E-state index in [0.717, 1.165) is 30.5 Å². The Morgan fingerprint density at radius 1 is 1.25 bits per heavy atom. The number of aliphatic imine (C=N–C) groups is 1. The van der Waals surface area contributed by atoms with Gasteiger partial charge in [0, 0.05) is 57.4 Å². The first-order valence-corrected chi connectivity index (χ1v) is 8.94. The average Bonchev–Trinajstić information content (AvgIpc) is 2.96. The number of anilines is 1. The summed E-state index contributed by atoms with van der Waals surface area (Å²) in [6.45, 7) is 5.76. The zero-order valence-corrected chi connectivity index (χ0v) is 16.0. The Morgan fingerprint density at radius 2 is 2.04 bits per heavy atom. The fraction of sp³-hybridized carbons (Fsp3) is 0.444. The van der Waals surface area contributed by atoms with Gasteiger partial charge in [0.1, 0.15) is 0 Å². The van der Waals surface area contributed by atoms with Crippen molar-refractivity contribution in [2.45, 2.75) is 26.8 Å². The van der Waals surface area contributed by atoms with E-state index in [1.54, 1.807) is 18.4 Å². The standard InChI is InChI=1S/C18H27N5S/c1-13-6-7-15(16(10-13)23(4)5)12-22-18(19-3)20-9-8-17-21-11-14(2)24-17/h6-7,10-11H,8-9,12H2,1-5H3,(H2,19,20,22). The molecule has 0 fully saturated rings. The Labute approximate surface area is 148 Å². The van der Waals surface area contributed by atoms with Gasteiger partial charge in [0.05, 0.1) is 5.01 Å². The van der Waals surface area contributed by atoms with Crippen molar-refractivity contribution in [2.24, 2.45) is 4.99 Å². The van der Waals surface area contributed by atoms with E-state index >= 15 is 0 Å². The summed E-state index contributed by atoms with van der Waals surface area (Å²) in [5.74, 6) is 0.813. The fourth-order valence-electron chi connectivity index (χ4n) is 2.44. The van der Waals surface area contributed by atoms with Crippen LogP contribution in [0.4, 0.5) is 5.69 Å². The van der Waals surface area contributed by atoms with E-state index in [2.05, 4.69) is 71.7 Å². The summed E-state index contributed by atoms with van der Waals surface area (Å²) in [6.07, 6.45) is 2.83. The quantitative estimate of drug-likeness (QED) is 0.624. The molecule has 1 aromatic heterocycles. The summed E-state index contributed by atoms with van der Waals surface area (Å²) in [7, 11) is 5.94. The van der Waals surface area contributed by atoms with Gasteiger partial charge in [-0.25, -0.2) is 4.98 Å². The Bertz CT molecular complexity index is 690. The van der Waals surface area contributed by atoms with Gasteiger partial charge in [-0.1, -0.05) is 12.1 Å². The zero-order valence-electron chi connectivity index (χ0n) is 15.2. The first-order valence-electron chi connectivity index (χ1n) is 8.12. The lowest BCUT2D eigenvalue weighted by atomic mass is 10.1. The van der Waals surface area contributed by atoms with E-state index < -0.39 is 0 Å². The third-order valence-corrected chi connectivity index (χ3v) is 4.67. The van der Waals surface area contributed by atoms with Gasteiger partial charge in [-0.2, -0.15) is 0 Å². The Hall–Kier alpha value is -2.08. The lowest BCUT2D eigenvalue weighted by molar-refractivity contribution is 0.790. The first kappa shape index (κ1) is 18.3. The second-order valence-electron chi connectivity index (χ2n) is 5.99. The van der Waals surface area contributed by atoms with Gasteiger partial charge in [-0.15, -0.1) is 11.3 Å².